The summed E-state index contributed by atoms with van der Waals surface area (Å²) in [5.74, 6) is -1.13. The highest BCUT2D eigenvalue weighted by atomic mass is 19.1. The fraction of sp³-hybridized carbons (Fsp3) is 0.238. The van der Waals surface area contributed by atoms with Gasteiger partial charge in [-0.1, -0.05) is 12.1 Å². The van der Waals surface area contributed by atoms with Gasteiger partial charge in [0.1, 0.15) is 11.6 Å². The zero-order valence-corrected chi connectivity index (χ0v) is 15.4. The van der Waals surface area contributed by atoms with Crippen molar-refractivity contribution in [2.45, 2.75) is 26.4 Å². The third-order valence-electron chi connectivity index (χ3n) is 5.01. The predicted octanol–water partition coefficient (Wildman–Crippen LogP) is 3.87. The van der Waals surface area contributed by atoms with Crippen molar-refractivity contribution in [2.75, 3.05) is 11.9 Å². The minimum atomic E-state index is -0.597. The number of anilines is 1. The number of hydrogen-bond donors (Lipinski definition) is 2. The van der Waals surface area contributed by atoms with Gasteiger partial charge in [-0.3, -0.25) is 9.89 Å². The van der Waals surface area contributed by atoms with Crippen LogP contribution in [0, 0.1) is 11.6 Å². The lowest BCUT2D eigenvalue weighted by Crippen LogP contribution is -2.34. The number of carbonyl (C=O) groups is 1. The van der Waals surface area contributed by atoms with Crippen LogP contribution in [-0.4, -0.2) is 27.5 Å². The molecule has 2 aromatic carbocycles. The van der Waals surface area contributed by atoms with Crippen molar-refractivity contribution in [1.29, 1.82) is 0 Å². The Labute approximate surface area is 161 Å². The first kappa shape index (κ1) is 18.2. The molecule has 1 aliphatic heterocycles. The fourth-order valence-corrected chi connectivity index (χ4v) is 3.46. The number of benzene rings is 2. The summed E-state index contributed by atoms with van der Waals surface area (Å²) in [5, 5.41) is 10.8. The van der Waals surface area contributed by atoms with Crippen LogP contribution >= 0.6 is 0 Å². The maximum atomic E-state index is 13.4. The van der Waals surface area contributed by atoms with Crippen LogP contribution in [0.3, 0.4) is 0 Å². The van der Waals surface area contributed by atoms with E-state index < -0.39 is 11.6 Å². The largest absolute Gasteiger partial charge is 0.379 e. The summed E-state index contributed by atoms with van der Waals surface area (Å²) in [4.78, 5) is 13.5. The molecule has 4 rings (SSSR count). The highest BCUT2D eigenvalue weighted by molar-refractivity contribution is 5.73. The van der Waals surface area contributed by atoms with Gasteiger partial charge in [0.05, 0.1) is 12.2 Å². The number of aromatic nitrogens is 2. The molecule has 0 saturated carbocycles. The van der Waals surface area contributed by atoms with Crippen LogP contribution in [0.15, 0.2) is 42.5 Å². The quantitative estimate of drug-likeness (QED) is 0.720. The van der Waals surface area contributed by atoms with E-state index in [4.69, 9.17) is 0 Å². The van der Waals surface area contributed by atoms with Crippen molar-refractivity contribution in [3.63, 3.8) is 0 Å². The molecule has 0 spiro atoms. The zero-order chi connectivity index (χ0) is 19.7. The van der Waals surface area contributed by atoms with Gasteiger partial charge in [-0.15, -0.1) is 0 Å². The van der Waals surface area contributed by atoms with Crippen molar-refractivity contribution in [1.82, 2.24) is 15.1 Å². The van der Waals surface area contributed by atoms with Crippen molar-refractivity contribution in [3.05, 3.63) is 71.1 Å². The van der Waals surface area contributed by atoms with Gasteiger partial charge in [-0.2, -0.15) is 5.10 Å². The molecule has 0 unspecified atom stereocenters. The molecule has 0 atom stereocenters. The molecule has 3 aromatic rings. The van der Waals surface area contributed by atoms with Crippen LogP contribution in [-0.2, 0) is 24.3 Å². The minimum Gasteiger partial charge on any atom is -0.379 e. The average molecular weight is 382 g/mol. The Bertz CT molecular complexity index is 993. The number of hydrogen-bond acceptors (Lipinski definition) is 3. The first-order valence-electron chi connectivity index (χ1n) is 9.10. The van der Waals surface area contributed by atoms with E-state index in [2.05, 4.69) is 15.5 Å². The summed E-state index contributed by atoms with van der Waals surface area (Å²) >= 11 is 0. The zero-order valence-electron chi connectivity index (χ0n) is 15.4. The molecule has 28 heavy (non-hydrogen) atoms. The van der Waals surface area contributed by atoms with E-state index in [1.54, 1.807) is 6.92 Å². The third-order valence-corrected chi connectivity index (χ3v) is 5.01. The van der Waals surface area contributed by atoms with Crippen molar-refractivity contribution >= 4 is 11.6 Å². The summed E-state index contributed by atoms with van der Waals surface area (Å²) in [5.41, 5.74) is 5.14. The number of halogens is 2. The molecule has 1 aliphatic rings. The molecule has 1 amide bonds. The standard InChI is InChI=1S/C21H20F2N4O/c1-13(28)27-7-6-20-19(12-27)21(26-25-20)11-24-18-4-2-14(3-5-18)15-8-16(22)10-17(23)9-15/h2-5,8-10,24H,6-7,11-12H2,1H3,(H,25,26). The van der Waals surface area contributed by atoms with Crippen LogP contribution in [0.5, 0.6) is 0 Å². The molecular formula is C21H20F2N4O. The Balaban J connectivity index is 1.45. The molecule has 0 fully saturated rings. The predicted molar refractivity (Wildman–Crippen MR) is 103 cm³/mol. The van der Waals surface area contributed by atoms with Gasteiger partial charge in [0, 0.05) is 49.4 Å². The molecule has 7 heteroatoms. The van der Waals surface area contributed by atoms with E-state index in [0.717, 1.165) is 40.7 Å². The van der Waals surface area contributed by atoms with Gasteiger partial charge < -0.3 is 10.2 Å². The molecule has 0 aliphatic carbocycles. The number of H-pyrrole nitrogens is 1. The lowest BCUT2D eigenvalue weighted by molar-refractivity contribution is -0.129. The molecule has 2 N–H and O–H groups in total. The third kappa shape index (κ3) is 3.74. The van der Waals surface area contributed by atoms with Gasteiger partial charge in [0.25, 0.3) is 0 Å². The second-order valence-corrected chi connectivity index (χ2v) is 6.91. The molecule has 0 saturated heterocycles. The van der Waals surface area contributed by atoms with Gasteiger partial charge >= 0.3 is 0 Å². The van der Waals surface area contributed by atoms with E-state index >= 15 is 0 Å². The number of amides is 1. The van der Waals surface area contributed by atoms with E-state index in [1.165, 1.54) is 12.1 Å². The number of aromatic amines is 1. The fourth-order valence-electron chi connectivity index (χ4n) is 3.46. The summed E-state index contributed by atoms with van der Waals surface area (Å²) < 4.78 is 26.8. The Morgan fingerprint density at radius 3 is 2.54 bits per heavy atom. The van der Waals surface area contributed by atoms with Gasteiger partial charge in [0.15, 0.2) is 0 Å². The maximum Gasteiger partial charge on any atom is 0.219 e. The number of nitrogens with one attached hydrogen (secondary N) is 2. The SMILES string of the molecule is CC(=O)N1CCc2[nH]nc(CNc3ccc(-c4cc(F)cc(F)c4)cc3)c2C1. The van der Waals surface area contributed by atoms with Crippen LogP contribution in [0.1, 0.15) is 23.9 Å². The highest BCUT2D eigenvalue weighted by Crippen LogP contribution is 2.25. The first-order valence-corrected chi connectivity index (χ1v) is 9.10. The average Bonchev–Trinajstić information content (AvgIpc) is 3.08. The Hall–Kier alpha value is -3.22. The van der Waals surface area contributed by atoms with Gasteiger partial charge in [-0.25, -0.2) is 8.78 Å². The molecule has 0 radical (unpaired) electrons. The lowest BCUT2D eigenvalue weighted by Gasteiger charge is -2.26. The molecule has 0 bridgehead atoms. The van der Waals surface area contributed by atoms with E-state index in [1.807, 2.05) is 29.2 Å². The van der Waals surface area contributed by atoms with Crippen LogP contribution in [0.4, 0.5) is 14.5 Å². The summed E-state index contributed by atoms with van der Waals surface area (Å²) in [6.07, 6.45) is 0.779. The number of rotatable bonds is 4. The number of carbonyl (C=O) groups excluding carboxylic acids is 1. The topological polar surface area (TPSA) is 61.0 Å². The molecule has 2 heterocycles. The smallest absolute Gasteiger partial charge is 0.219 e. The summed E-state index contributed by atoms with van der Waals surface area (Å²) in [7, 11) is 0. The number of nitrogens with zero attached hydrogens (tertiary/aromatic N) is 2. The van der Waals surface area contributed by atoms with E-state index in [0.29, 0.717) is 25.2 Å². The van der Waals surface area contributed by atoms with Crippen LogP contribution in [0.2, 0.25) is 0 Å². The van der Waals surface area contributed by atoms with E-state index in [9.17, 15) is 13.6 Å². The maximum absolute atomic E-state index is 13.4. The van der Waals surface area contributed by atoms with E-state index in [-0.39, 0.29) is 5.91 Å². The normalized spacial score (nSPS) is 13.3. The Kier molecular flexibility index (Phi) is 4.81. The Morgan fingerprint density at radius 1 is 1.14 bits per heavy atom. The van der Waals surface area contributed by atoms with Crippen LogP contribution in [0.25, 0.3) is 11.1 Å². The second kappa shape index (κ2) is 7.42. The molecule has 5 nitrogen and oxygen atoms in total. The van der Waals surface area contributed by atoms with Crippen molar-refractivity contribution in [2.24, 2.45) is 0 Å². The monoisotopic (exact) mass is 382 g/mol. The minimum absolute atomic E-state index is 0.0649. The first-order chi connectivity index (χ1) is 13.5. The lowest BCUT2D eigenvalue weighted by atomic mass is 10.0. The molecule has 144 valence electrons. The number of fused-ring (bicyclic) bond motifs is 1. The summed E-state index contributed by atoms with van der Waals surface area (Å²) in [6.45, 7) is 3.38. The van der Waals surface area contributed by atoms with Crippen molar-refractivity contribution in [3.8, 4) is 11.1 Å². The molecular weight excluding hydrogens is 362 g/mol. The second-order valence-electron chi connectivity index (χ2n) is 6.91. The van der Waals surface area contributed by atoms with Gasteiger partial charge in [0.2, 0.25) is 5.91 Å². The van der Waals surface area contributed by atoms with Crippen molar-refractivity contribution < 1.29 is 13.6 Å². The highest BCUT2D eigenvalue weighted by Gasteiger charge is 2.23. The summed E-state index contributed by atoms with van der Waals surface area (Å²) in [6, 6.07) is 10.8. The van der Waals surface area contributed by atoms with Gasteiger partial charge in [-0.05, 0) is 35.4 Å². The molecule has 1 aromatic heterocycles. The Morgan fingerprint density at radius 2 is 1.86 bits per heavy atom. The van der Waals surface area contributed by atoms with Crippen LogP contribution < -0.4 is 5.32 Å².